The summed E-state index contributed by atoms with van der Waals surface area (Å²) in [4.78, 5) is 0. The molecular formula is C37H52O4. The SMILES string of the molecule is CCCCCCCCCCCCOCCOCCOCCOC(c1ccccc1)(c1ccccc1)c1ccccc1. The third-order valence-electron chi connectivity index (χ3n) is 7.47. The first-order chi connectivity index (χ1) is 20.4. The van der Waals surface area contributed by atoms with Crippen molar-refractivity contribution in [2.45, 2.75) is 76.7 Å². The molecule has 3 aromatic rings. The van der Waals surface area contributed by atoms with Crippen LogP contribution in [-0.4, -0.2) is 46.2 Å². The van der Waals surface area contributed by atoms with E-state index >= 15 is 0 Å². The van der Waals surface area contributed by atoms with Crippen LogP contribution in [-0.2, 0) is 24.5 Å². The zero-order chi connectivity index (χ0) is 28.7. The van der Waals surface area contributed by atoms with Crippen LogP contribution in [0.4, 0.5) is 0 Å². The molecule has 3 rings (SSSR count). The smallest absolute Gasteiger partial charge is 0.143 e. The van der Waals surface area contributed by atoms with Crippen molar-refractivity contribution >= 4 is 0 Å². The monoisotopic (exact) mass is 560 g/mol. The number of benzene rings is 3. The molecule has 0 unspecified atom stereocenters. The van der Waals surface area contributed by atoms with Gasteiger partial charge in [0, 0.05) is 6.61 Å². The van der Waals surface area contributed by atoms with Crippen molar-refractivity contribution in [3.63, 3.8) is 0 Å². The second-order valence-corrected chi connectivity index (χ2v) is 10.6. The van der Waals surface area contributed by atoms with Crippen molar-refractivity contribution in [1.82, 2.24) is 0 Å². The van der Waals surface area contributed by atoms with E-state index in [4.69, 9.17) is 18.9 Å². The summed E-state index contributed by atoms with van der Waals surface area (Å²) < 4.78 is 24.0. The molecule has 41 heavy (non-hydrogen) atoms. The largest absolute Gasteiger partial charge is 0.379 e. The lowest BCUT2D eigenvalue weighted by Crippen LogP contribution is -2.34. The second-order valence-electron chi connectivity index (χ2n) is 10.6. The molecule has 0 N–H and O–H groups in total. The lowest BCUT2D eigenvalue weighted by atomic mass is 9.80. The fourth-order valence-corrected chi connectivity index (χ4v) is 5.26. The lowest BCUT2D eigenvalue weighted by molar-refractivity contribution is -0.0369. The van der Waals surface area contributed by atoms with Crippen LogP contribution >= 0.6 is 0 Å². The first-order valence-corrected chi connectivity index (χ1v) is 15.9. The van der Waals surface area contributed by atoms with Gasteiger partial charge in [0.1, 0.15) is 5.60 Å². The summed E-state index contributed by atoms with van der Waals surface area (Å²) >= 11 is 0. The maximum Gasteiger partial charge on any atom is 0.143 e. The molecule has 0 saturated heterocycles. The standard InChI is InChI=1S/C37H52O4/c1-2-3-4-5-6-7-8-9-10-20-27-38-28-29-39-30-31-40-32-33-41-37(34-21-14-11-15-22-34,35-23-16-12-17-24-35)36-25-18-13-19-26-36/h11-19,21-26H,2-10,20,27-33H2,1H3. The summed E-state index contributed by atoms with van der Waals surface area (Å²) in [6.45, 7) is 6.41. The van der Waals surface area contributed by atoms with Crippen molar-refractivity contribution in [2.24, 2.45) is 0 Å². The highest BCUT2D eigenvalue weighted by Gasteiger charge is 2.37. The third-order valence-corrected chi connectivity index (χ3v) is 7.47. The predicted molar refractivity (Wildman–Crippen MR) is 169 cm³/mol. The maximum absolute atomic E-state index is 6.74. The van der Waals surface area contributed by atoms with Gasteiger partial charge in [-0.25, -0.2) is 0 Å². The summed E-state index contributed by atoms with van der Waals surface area (Å²) in [5, 5.41) is 0. The zero-order valence-electron chi connectivity index (χ0n) is 25.3. The third kappa shape index (κ3) is 12.1. The van der Waals surface area contributed by atoms with Crippen molar-refractivity contribution in [1.29, 1.82) is 0 Å². The predicted octanol–water partition coefficient (Wildman–Crippen LogP) is 8.97. The van der Waals surface area contributed by atoms with Gasteiger partial charge in [0.25, 0.3) is 0 Å². The lowest BCUT2D eigenvalue weighted by Gasteiger charge is -2.36. The van der Waals surface area contributed by atoms with E-state index in [1.54, 1.807) is 0 Å². The van der Waals surface area contributed by atoms with Gasteiger partial charge < -0.3 is 18.9 Å². The summed E-state index contributed by atoms with van der Waals surface area (Å²) in [6, 6.07) is 31.3. The van der Waals surface area contributed by atoms with Crippen LogP contribution in [0.25, 0.3) is 0 Å². The fraction of sp³-hybridized carbons (Fsp3) is 0.514. The first-order valence-electron chi connectivity index (χ1n) is 15.9. The molecule has 0 amide bonds. The van der Waals surface area contributed by atoms with E-state index in [1.165, 1.54) is 57.8 Å². The molecule has 0 saturated carbocycles. The zero-order valence-corrected chi connectivity index (χ0v) is 25.3. The minimum Gasteiger partial charge on any atom is -0.379 e. The molecule has 0 aliphatic heterocycles. The molecule has 0 heterocycles. The van der Waals surface area contributed by atoms with Gasteiger partial charge in [-0.1, -0.05) is 156 Å². The Morgan fingerprint density at radius 3 is 1.15 bits per heavy atom. The molecule has 4 nitrogen and oxygen atoms in total. The molecule has 224 valence electrons. The highest BCUT2D eigenvalue weighted by Crippen LogP contribution is 2.40. The molecule has 0 radical (unpaired) electrons. The fourth-order valence-electron chi connectivity index (χ4n) is 5.26. The van der Waals surface area contributed by atoms with Gasteiger partial charge in [-0.3, -0.25) is 0 Å². The second kappa shape index (κ2) is 21.2. The summed E-state index contributed by atoms with van der Waals surface area (Å²) in [5.41, 5.74) is 2.57. The van der Waals surface area contributed by atoms with Crippen molar-refractivity contribution in [3.8, 4) is 0 Å². The molecule has 0 aliphatic rings. The number of rotatable bonds is 24. The van der Waals surface area contributed by atoms with Crippen LogP contribution in [0.15, 0.2) is 91.0 Å². The van der Waals surface area contributed by atoms with Crippen LogP contribution in [0.1, 0.15) is 87.8 Å². The average molecular weight is 561 g/mol. The molecular weight excluding hydrogens is 508 g/mol. The molecule has 4 heteroatoms. The van der Waals surface area contributed by atoms with Crippen molar-refractivity contribution in [3.05, 3.63) is 108 Å². The van der Waals surface area contributed by atoms with Gasteiger partial charge >= 0.3 is 0 Å². The van der Waals surface area contributed by atoms with Gasteiger partial charge in [0.2, 0.25) is 0 Å². The number of hydrogen-bond acceptors (Lipinski definition) is 4. The number of unbranched alkanes of at least 4 members (excludes halogenated alkanes) is 9. The summed E-state index contributed by atoms with van der Waals surface area (Å²) in [5.74, 6) is 0. The van der Waals surface area contributed by atoms with Crippen LogP contribution < -0.4 is 0 Å². The van der Waals surface area contributed by atoms with E-state index in [-0.39, 0.29) is 0 Å². The Morgan fingerprint density at radius 2 is 0.732 bits per heavy atom. The van der Waals surface area contributed by atoms with E-state index in [0.717, 1.165) is 29.7 Å². The Balaban J connectivity index is 1.29. The topological polar surface area (TPSA) is 36.9 Å². The molecule has 0 aliphatic carbocycles. The number of ether oxygens (including phenoxy) is 4. The minimum absolute atomic E-state index is 0.459. The normalized spacial score (nSPS) is 11.6. The van der Waals surface area contributed by atoms with Gasteiger partial charge in [-0.2, -0.15) is 0 Å². The number of hydrogen-bond donors (Lipinski definition) is 0. The molecule has 0 atom stereocenters. The molecule has 0 aromatic heterocycles. The maximum atomic E-state index is 6.74. The van der Waals surface area contributed by atoms with E-state index in [1.807, 2.05) is 18.2 Å². The Bertz CT molecular complexity index is 897. The minimum atomic E-state index is -0.713. The van der Waals surface area contributed by atoms with E-state index in [9.17, 15) is 0 Å². The Labute approximate surface area is 249 Å². The van der Waals surface area contributed by atoms with Gasteiger partial charge in [-0.05, 0) is 23.1 Å². The van der Waals surface area contributed by atoms with Crippen molar-refractivity contribution < 1.29 is 18.9 Å². The molecule has 0 spiro atoms. The van der Waals surface area contributed by atoms with Crippen LogP contribution in [0.2, 0.25) is 0 Å². The Hall–Kier alpha value is -2.50. The van der Waals surface area contributed by atoms with Gasteiger partial charge in [0.15, 0.2) is 0 Å². The van der Waals surface area contributed by atoms with E-state index in [0.29, 0.717) is 39.6 Å². The van der Waals surface area contributed by atoms with E-state index in [2.05, 4.69) is 79.7 Å². The average Bonchev–Trinajstić information content (AvgIpc) is 3.03. The van der Waals surface area contributed by atoms with Crippen LogP contribution in [0, 0.1) is 0 Å². The molecule has 0 bridgehead atoms. The first kappa shape index (κ1) is 33.0. The Kier molecular flexibility index (Phi) is 17.1. The Morgan fingerprint density at radius 1 is 0.390 bits per heavy atom. The molecule has 3 aromatic carbocycles. The van der Waals surface area contributed by atoms with Crippen molar-refractivity contribution in [2.75, 3.05) is 46.2 Å². The quantitative estimate of drug-likeness (QED) is 0.0809. The highest BCUT2D eigenvalue weighted by atomic mass is 16.6. The molecule has 0 fully saturated rings. The van der Waals surface area contributed by atoms with Crippen LogP contribution in [0.5, 0.6) is 0 Å². The highest BCUT2D eigenvalue weighted by molar-refractivity contribution is 5.47. The van der Waals surface area contributed by atoms with Gasteiger partial charge in [0.05, 0.1) is 39.6 Å². The van der Waals surface area contributed by atoms with Gasteiger partial charge in [-0.15, -0.1) is 0 Å². The summed E-state index contributed by atoms with van der Waals surface area (Å²) in [7, 11) is 0. The summed E-state index contributed by atoms with van der Waals surface area (Å²) in [6.07, 6.45) is 13.4. The van der Waals surface area contributed by atoms with Crippen LogP contribution in [0.3, 0.4) is 0 Å². The van der Waals surface area contributed by atoms with E-state index < -0.39 is 5.60 Å².